The quantitative estimate of drug-likeness (QED) is 0.570. The lowest BCUT2D eigenvalue weighted by Gasteiger charge is -2.36. The highest BCUT2D eigenvalue weighted by molar-refractivity contribution is 7.85. The Labute approximate surface area is 128 Å². The van der Waals surface area contributed by atoms with Crippen LogP contribution in [0.15, 0.2) is 0 Å². The van der Waals surface area contributed by atoms with Gasteiger partial charge in [0.2, 0.25) is 0 Å². The number of carbonyl (C=O) groups is 2. The summed E-state index contributed by atoms with van der Waals surface area (Å²) in [4.78, 5) is 23.3. The van der Waals surface area contributed by atoms with E-state index in [2.05, 4.69) is 30.2 Å². The van der Waals surface area contributed by atoms with E-state index in [9.17, 15) is 13.8 Å². The summed E-state index contributed by atoms with van der Waals surface area (Å²) in [6.07, 6.45) is 0.0167. The second kappa shape index (κ2) is 7.35. The maximum Gasteiger partial charge on any atom is 0.320 e. The number of esters is 2. The fraction of sp³-hybridized carbons (Fsp3) is 0.857. The Morgan fingerprint density at radius 2 is 1.76 bits per heavy atom. The van der Waals surface area contributed by atoms with Crippen LogP contribution in [0.3, 0.4) is 0 Å². The van der Waals surface area contributed by atoms with Crippen LogP contribution in [-0.4, -0.2) is 48.2 Å². The SMILES string of the molecule is COC(=O)C(C[C@@H]1OC[C@H](C(C)(C)C)CS1=O)C(=O)OC. The van der Waals surface area contributed by atoms with Crippen molar-refractivity contribution in [2.75, 3.05) is 26.6 Å². The van der Waals surface area contributed by atoms with Crippen LogP contribution < -0.4 is 0 Å². The minimum Gasteiger partial charge on any atom is -0.468 e. The third kappa shape index (κ3) is 4.78. The first-order chi connectivity index (χ1) is 9.70. The Morgan fingerprint density at radius 3 is 2.14 bits per heavy atom. The number of rotatable bonds is 4. The van der Waals surface area contributed by atoms with Crippen molar-refractivity contribution in [3.05, 3.63) is 0 Å². The number of ether oxygens (including phenoxy) is 3. The maximum absolute atomic E-state index is 12.3. The van der Waals surface area contributed by atoms with E-state index in [4.69, 9.17) is 4.74 Å². The second-order valence-corrected chi connectivity index (χ2v) is 7.83. The van der Waals surface area contributed by atoms with Crippen LogP contribution in [0.5, 0.6) is 0 Å². The average molecular weight is 320 g/mol. The molecule has 6 nitrogen and oxygen atoms in total. The minimum atomic E-state index is -1.25. The Bertz CT molecular complexity index is 398. The number of carbonyl (C=O) groups excluding carboxylic acids is 2. The number of methoxy groups -OCH3 is 2. The largest absolute Gasteiger partial charge is 0.468 e. The van der Waals surface area contributed by atoms with Crippen LogP contribution in [0.4, 0.5) is 0 Å². The standard InChI is InChI=1S/C14H24O6S/c1-14(2,3)9-7-20-11(21(17)8-9)6-10(12(15)18-4)13(16)19-5/h9-11H,6-8H2,1-5H3/t9-,11+,21?/m0/s1. The van der Waals surface area contributed by atoms with E-state index >= 15 is 0 Å². The summed E-state index contributed by atoms with van der Waals surface area (Å²) in [7, 11) is 1.15. The summed E-state index contributed by atoms with van der Waals surface area (Å²) < 4.78 is 27.1. The molecule has 1 heterocycles. The molecule has 0 amide bonds. The molecule has 0 saturated carbocycles. The summed E-state index contributed by atoms with van der Waals surface area (Å²) in [5.74, 6) is -1.80. The molecule has 1 aliphatic rings. The van der Waals surface area contributed by atoms with Crippen molar-refractivity contribution in [2.45, 2.75) is 32.6 Å². The molecule has 1 rings (SSSR count). The van der Waals surface area contributed by atoms with E-state index in [-0.39, 0.29) is 17.8 Å². The molecule has 0 spiro atoms. The zero-order valence-corrected chi connectivity index (χ0v) is 14.0. The molecule has 0 radical (unpaired) electrons. The van der Waals surface area contributed by atoms with Gasteiger partial charge in [-0.3, -0.25) is 13.8 Å². The lowest BCUT2D eigenvalue weighted by atomic mass is 9.82. The van der Waals surface area contributed by atoms with Crippen LogP contribution >= 0.6 is 0 Å². The molecule has 0 aromatic rings. The van der Waals surface area contributed by atoms with Gasteiger partial charge in [-0.05, 0) is 11.3 Å². The van der Waals surface area contributed by atoms with Crippen LogP contribution in [-0.2, 0) is 34.6 Å². The smallest absolute Gasteiger partial charge is 0.320 e. The fourth-order valence-corrected chi connectivity index (χ4v) is 3.94. The van der Waals surface area contributed by atoms with Gasteiger partial charge in [-0.1, -0.05) is 20.8 Å². The monoisotopic (exact) mass is 320 g/mol. The molecule has 21 heavy (non-hydrogen) atoms. The van der Waals surface area contributed by atoms with Gasteiger partial charge in [-0.2, -0.15) is 0 Å². The molecule has 122 valence electrons. The Hall–Kier alpha value is -0.950. The molecule has 3 atom stereocenters. The highest BCUT2D eigenvalue weighted by atomic mass is 32.2. The predicted molar refractivity (Wildman–Crippen MR) is 77.8 cm³/mol. The van der Waals surface area contributed by atoms with Gasteiger partial charge < -0.3 is 14.2 Å². The van der Waals surface area contributed by atoms with Crippen molar-refractivity contribution in [1.29, 1.82) is 0 Å². The van der Waals surface area contributed by atoms with E-state index in [1.807, 2.05) is 0 Å². The molecule has 0 bridgehead atoms. The van der Waals surface area contributed by atoms with Crippen LogP contribution in [0.25, 0.3) is 0 Å². The van der Waals surface area contributed by atoms with Crippen LogP contribution in [0.1, 0.15) is 27.2 Å². The first kappa shape index (κ1) is 18.1. The highest BCUT2D eigenvalue weighted by Crippen LogP contribution is 2.32. The van der Waals surface area contributed by atoms with Gasteiger partial charge in [-0.15, -0.1) is 0 Å². The van der Waals surface area contributed by atoms with Crippen molar-refractivity contribution < 1.29 is 28.0 Å². The van der Waals surface area contributed by atoms with Gasteiger partial charge in [0.1, 0.15) is 5.44 Å². The second-order valence-electron chi connectivity index (χ2n) is 6.21. The molecule has 0 aromatic heterocycles. The number of hydrogen-bond acceptors (Lipinski definition) is 6. The zero-order chi connectivity index (χ0) is 16.2. The van der Waals surface area contributed by atoms with Crippen LogP contribution in [0.2, 0.25) is 0 Å². The Morgan fingerprint density at radius 1 is 1.24 bits per heavy atom. The third-order valence-corrected chi connectivity index (χ3v) is 5.41. The lowest BCUT2D eigenvalue weighted by molar-refractivity contribution is -0.160. The van der Waals surface area contributed by atoms with Crippen molar-refractivity contribution in [1.82, 2.24) is 0 Å². The number of hydrogen-bond donors (Lipinski definition) is 0. The molecular weight excluding hydrogens is 296 g/mol. The lowest BCUT2D eigenvalue weighted by Crippen LogP contribution is -2.42. The fourth-order valence-electron chi connectivity index (χ4n) is 2.09. The Kier molecular flexibility index (Phi) is 6.34. The highest BCUT2D eigenvalue weighted by Gasteiger charge is 2.39. The molecule has 1 fully saturated rings. The van der Waals surface area contributed by atoms with E-state index in [1.54, 1.807) is 0 Å². The minimum absolute atomic E-state index is 0.00469. The third-order valence-electron chi connectivity index (χ3n) is 3.77. The summed E-state index contributed by atoms with van der Waals surface area (Å²) in [6.45, 7) is 6.69. The summed E-state index contributed by atoms with van der Waals surface area (Å²) >= 11 is 0. The summed E-state index contributed by atoms with van der Waals surface area (Å²) in [5, 5.41) is 0. The molecule has 7 heteroatoms. The molecule has 1 aliphatic heterocycles. The van der Waals surface area contributed by atoms with Gasteiger partial charge >= 0.3 is 11.9 Å². The Balaban J connectivity index is 2.72. The molecule has 1 unspecified atom stereocenters. The van der Waals surface area contributed by atoms with Crippen molar-refractivity contribution in [3.8, 4) is 0 Å². The predicted octanol–water partition coefficient (Wildman–Crippen LogP) is 1.11. The van der Waals surface area contributed by atoms with Gasteiger partial charge in [0, 0.05) is 12.2 Å². The first-order valence-corrected chi connectivity index (χ1v) is 8.23. The zero-order valence-electron chi connectivity index (χ0n) is 13.2. The van der Waals surface area contributed by atoms with E-state index < -0.39 is 34.1 Å². The van der Waals surface area contributed by atoms with Gasteiger partial charge in [0.15, 0.2) is 5.92 Å². The summed E-state index contributed by atoms with van der Waals surface area (Å²) in [5.41, 5.74) is -0.642. The van der Waals surface area contributed by atoms with Gasteiger partial charge in [0.25, 0.3) is 0 Å². The average Bonchev–Trinajstić information content (AvgIpc) is 2.43. The summed E-state index contributed by atoms with van der Waals surface area (Å²) in [6, 6.07) is 0. The normalized spacial score (nSPS) is 26.5. The van der Waals surface area contributed by atoms with Crippen LogP contribution in [0, 0.1) is 17.3 Å². The molecule has 0 aromatic carbocycles. The molecule has 0 N–H and O–H groups in total. The van der Waals surface area contributed by atoms with Gasteiger partial charge in [0.05, 0.1) is 31.6 Å². The van der Waals surface area contributed by atoms with Crippen molar-refractivity contribution in [3.63, 3.8) is 0 Å². The van der Waals surface area contributed by atoms with E-state index in [0.29, 0.717) is 12.4 Å². The van der Waals surface area contributed by atoms with Gasteiger partial charge in [-0.25, -0.2) is 0 Å². The van der Waals surface area contributed by atoms with E-state index in [0.717, 1.165) is 0 Å². The molecule has 1 saturated heterocycles. The molecular formula is C14H24O6S. The van der Waals surface area contributed by atoms with E-state index in [1.165, 1.54) is 14.2 Å². The molecule has 0 aliphatic carbocycles. The maximum atomic E-state index is 12.3. The van der Waals surface area contributed by atoms with Crippen molar-refractivity contribution in [2.24, 2.45) is 17.3 Å². The first-order valence-electron chi connectivity index (χ1n) is 6.85. The topological polar surface area (TPSA) is 78.9 Å². The van der Waals surface area contributed by atoms with Crippen molar-refractivity contribution >= 4 is 22.7 Å².